The van der Waals surface area contributed by atoms with Crippen LogP contribution >= 0.6 is 0 Å². The van der Waals surface area contributed by atoms with Crippen LogP contribution in [-0.2, 0) is 6.42 Å². The van der Waals surface area contributed by atoms with Gasteiger partial charge in [-0.05, 0) is 48.1 Å². The second-order valence-electron chi connectivity index (χ2n) is 8.93. The lowest BCUT2D eigenvalue weighted by molar-refractivity contribution is -0.344. The molecule has 0 aliphatic heterocycles. The number of aryl methyl sites for hydroxylation is 2. The van der Waals surface area contributed by atoms with Crippen LogP contribution in [-0.4, -0.2) is 4.98 Å². The number of nitrogens with one attached hydrogen (secondary N) is 1. The molecular formula is C31H31N2+. The molecule has 2 aromatic heterocycles. The molecule has 2 heteroatoms. The molecule has 0 fully saturated rings. The third-order valence-corrected chi connectivity index (χ3v) is 6.64. The summed E-state index contributed by atoms with van der Waals surface area (Å²) >= 11 is 0. The Morgan fingerprint density at radius 2 is 1.39 bits per heavy atom. The summed E-state index contributed by atoms with van der Waals surface area (Å²) in [7, 11) is 0. The molecule has 0 saturated heterocycles. The Bertz CT molecular complexity index is 1390. The van der Waals surface area contributed by atoms with Crippen LogP contribution in [0.4, 0.5) is 0 Å². The Hall–Kier alpha value is -3.52. The molecule has 2 heterocycles. The number of hydrogen-bond donors (Lipinski definition) is 0. The number of H-pyrrole nitrogens is 1. The van der Waals surface area contributed by atoms with Crippen molar-refractivity contribution in [3.8, 4) is 22.3 Å². The largest absolute Gasteiger partial charge is 0.249 e. The molecule has 0 bridgehead atoms. The van der Waals surface area contributed by atoms with Gasteiger partial charge in [-0.25, -0.2) is 9.97 Å². The normalized spacial score (nSPS) is 11.3. The van der Waals surface area contributed by atoms with Crippen LogP contribution < -0.4 is 4.98 Å². The molecule has 1 N–H and O–H groups in total. The second-order valence-corrected chi connectivity index (χ2v) is 8.93. The zero-order valence-electron chi connectivity index (χ0n) is 19.6. The number of fused-ring (bicyclic) bond motifs is 3. The van der Waals surface area contributed by atoms with E-state index in [4.69, 9.17) is 4.98 Å². The first-order valence-electron chi connectivity index (χ1n) is 12.1. The van der Waals surface area contributed by atoms with Gasteiger partial charge in [0, 0.05) is 22.7 Å². The van der Waals surface area contributed by atoms with Gasteiger partial charge in [-0.2, -0.15) is 0 Å². The van der Waals surface area contributed by atoms with E-state index in [1.54, 1.807) is 0 Å². The Balaban J connectivity index is 1.73. The molecule has 0 saturated carbocycles. The first kappa shape index (κ1) is 21.3. The van der Waals surface area contributed by atoms with E-state index >= 15 is 0 Å². The van der Waals surface area contributed by atoms with Crippen LogP contribution in [0.5, 0.6) is 0 Å². The smallest absolute Gasteiger partial charge is 0.238 e. The summed E-state index contributed by atoms with van der Waals surface area (Å²) in [6.45, 7) is 4.44. The van der Waals surface area contributed by atoms with E-state index in [0.29, 0.717) is 0 Å². The molecule has 0 radical (unpaired) electrons. The second kappa shape index (κ2) is 9.54. The predicted molar refractivity (Wildman–Crippen MR) is 139 cm³/mol. The van der Waals surface area contributed by atoms with E-state index in [1.807, 2.05) is 0 Å². The molecule has 5 rings (SSSR count). The molecule has 33 heavy (non-hydrogen) atoms. The highest BCUT2D eigenvalue weighted by molar-refractivity contribution is 6.11. The number of aromatic nitrogens is 2. The Labute approximate surface area is 196 Å². The lowest BCUT2D eigenvalue weighted by Crippen LogP contribution is -2.08. The first-order chi connectivity index (χ1) is 16.3. The summed E-state index contributed by atoms with van der Waals surface area (Å²) in [5, 5.41) is 2.44. The molecule has 0 unspecified atom stereocenters. The van der Waals surface area contributed by atoms with Gasteiger partial charge in [0.1, 0.15) is 5.52 Å². The van der Waals surface area contributed by atoms with Gasteiger partial charge in [0.25, 0.3) is 0 Å². The highest BCUT2D eigenvalue weighted by Crippen LogP contribution is 2.37. The first-order valence-corrected chi connectivity index (χ1v) is 12.1. The van der Waals surface area contributed by atoms with Crippen LogP contribution in [0.1, 0.15) is 43.7 Å². The third-order valence-electron chi connectivity index (χ3n) is 6.64. The van der Waals surface area contributed by atoms with Crippen LogP contribution in [0.15, 0.2) is 85.2 Å². The predicted octanol–water partition coefficient (Wildman–Crippen LogP) is 7.97. The van der Waals surface area contributed by atoms with Gasteiger partial charge in [0.2, 0.25) is 5.52 Å². The third kappa shape index (κ3) is 4.14. The molecule has 3 aromatic carbocycles. The maximum Gasteiger partial charge on any atom is 0.238 e. The molecule has 0 spiro atoms. The maximum absolute atomic E-state index is 5.03. The number of aromatic amines is 1. The summed E-state index contributed by atoms with van der Waals surface area (Å²) in [5.41, 5.74) is 9.84. The van der Waals surface area contributed by atoms with E-state index < -0.39 is 0 Å². The number of unbranched alkanes of at least 4 members (excludes halogenated alkanes) is 3. The van der Waals surface area contributed by atoms with Gasteiger partial charge in [0.05, 0.1) is 5.39 Å². The van der Waals surface area contributed by atoms with Gasteiger partial charge < -0.3 is 0 Å². The number of hydrogen-bond acceptors (Lipinski definition) is 1. The average Bonchev–Trinajstić information content (AvgIpc) is 2.87. The van der Waals surface area contributed by atoms with Gasteiger partial charge >= 0.3 is 0 Å². The fourth-order valence-corrected chi connectivity index (χ4v) is 4.99. The van der Waals surface area contributed by atoms with E-state index in [1.165, 1.54) is 69.8 Å². The minimum atomic E-state index is 1.04. The summed E-state index contributed by atoms with van der Waals surface area (Å²) < 4.78 is 0. The molecule has 164 valence electrons. The summed E-state index contributed by atoms with van der Waals surface area (Å²) in [6, 6.07) is 26.0. The average molecular weight is 432 g/mol. The maximum atomic E-state index is 5.03. The molecule has 5 aromatic rings. The standard InChI is InChI=1S/C31H30N2/c1-3-4-5-8-17-25-21-33-31-27(29(25)24-15-11-7-12-16-24)19-18-26-28(22(2)20-32-30(26)31)23-13-9-6-10-14-23/h6-7,9-16,18-21H,3-5,8,17H2,1-2H3/p+1. The van der Waals surface area contributed by atoms with Crippen molar-refractivity contribution in [2.75, 3.05) is 0 Å². The molecular weight excluding hydrogens is 400 g/mol. The Morgan fingerprint density at radius 1 is 0.727 bits per heavy atom. The van der Waals surface area contributed by atoms with Crippen molar-refractivity contribution in [3.63, 3.8) is 0 Å². The van der Waals surface area contributed by atoms with Crippen molar-refractivity contribution in [1.29, 1.82) is 0 Å². The van der Waals surface area contributed by atoms with Crippen molar-refractivity contribution < 1.29 is 4.98 Å². The number of benzene rings is 3. The Morgan fingerprint density at radius 3 is 2.09 bits per heavy atom. The van der Waals surface area contributed by atoms with Crippen LogP contribution in [0.3, 0.4) is 0 Å². The van der Waals surface area contributed by atoms with Crippen LogP contribution in [0.25, 0.3) is 44.1 Å². The number of nitrogens with zero attached hydrogens (tertiary/aromatic N) is 1. The molecule has 0 aliphatic carbocycles. The quantitative estimate of drug-likeness (QED) is 0.190. The van der Waals surface area contributed by atoms with E-state index in [0.717, 1.165) is 17.5 Å². The Kier molecular flexibility index (Phi) is 6.17. The molecule has 0 atom stereocenters. The van der Waals surface area contributed by atoms with E-state index in [2.05, 4.69) is 104 Å². The van der Waals surface area contributed by atoms with Crippen molar-refractivity contribution >= 4 is 21.8 Å². The van der Waals surface area contributed by atoms with Crippen molar-refractivity contribution in [1.82, 2.24) is 4.98 Å². The van der Waals surface area contributed by atoms with Crippen LogP contribution in [0.2, 0.25) is 0 Å². The van der Waals surface area contributed by atoms with Gasteiger partial charge in [-0.1, -0.05) is 92.9 Å². The number of rotatable bonds is 7. The van der Waals surface area contributed by atoms with Crippen molar-refractivity contribution in [2.45, 2.75) is 46.0 Å². The summed E-state index contributed by atoms with van der Waals surface area (Å²) in [5.74, 6) is 0. The van der Waals surface area contributed by atoms with E-state index in [-0.39, 0.29) is 0 Å². The molecule has 0 amide bonds. The zero-order valence-corrected chi connectivity index (χ0v) is 19.6. The fraction of sp³-hybridized carbons (Fsp3) is 0.226. The highest BCUT2D eigenvalue weighted by atomic mass is 14.7. The van der Waals surface area contributed by atoms with Gasteiger partial charge in [0.15, 0.2) is 6.20 Å². The highest BCUT2D eigenvalue weighted by Gasteiger charge is 2.19. The fourth-order valence-electron chi connectivity index (χ4n) is 4.99. The van der Waals surface area contributed by atoms with Crippen molar-refractivity contribution in [3.05, 3.63) is 96.3 Å². The van der Waals surface area contributed by atoms with Crippen molar-refractivity contribution in [2.24, 2.45) is 0 Å². The minimum absolute atomic E-state index is 1.04. The summed E-state index contributed by atoms with van der Waals surface area (Å²) in [6.07, 6.45) is 10.3. The van der Waals surface area contributed by atoms with Gasteiger partial charge in [-0.15, -0.1) is 0 Å². The lowest BCUT2D eigenvalue weighted by Gasteiger charge is -2.14. The zero-order chi connectivity index (χ0) is 22.6. The minimum Gasteiger partial charge on any atom is -0.249 e. The monoisotopic (exact) mass is 431 g/mol. The van der Waals surface area contributed by atoms with Gasteiger partial charge in [-0.3, -0.25) is 0 Å². The van der Waals surface area contributed by atoms with Crippen LogP contribution in [0, 0.1) is 6.92 Å². The topological polar surface area (TPSA) is 27.0 Å². The SMILES string of the molecule is CCCCCCc1cnc2c(ccc3c(-c4ccccc4)c(C)c[nH+]c32)c1-c1ccccc1. The lowest BCUT2D eigenvalue weighted by atomic mass is 9.91. The van der Waals surface area contributed by atoms with E-state index in [9.17, 15) is 0 Å². The summed E-state index contributed by atoms with van der Waals surface area (Å²) in [4.78, 5) is 8.60. The molecule has 0 aliphatic rings. The number of pyridine rings is 2. The molecule has 2 nitrogen and oxygen atoms in total.